The number of hydrogen-bond acceptors (Lipinski definition) is 6. The SMILES string of the molecule is C.C.CCCCCCCCCCCCCCCCCCN(CCCCCCCCCCCCCCCCCC)C(=O)C(N)CCCCN.CCCCCCCCCCCCCCCCCCN(CCCCCCCCCCCCCCCCCC)CC(N)CCCCN. The fourth-order valence-corrected chi connectivity index (χ4v) is 13.9. The molecule has 0 aromatic heterocycles. The van der Waals surface area contributed by atoms with E-state index in [4.69, 9.17) is 22.9 Å². The van der Waals surface area contributed by atoms with Crippen LogP contribution in [0.4, 0.5) is 0 Å². The van der Waals surface area contributed by atoms with E-state index in [9.17, 15) is 4.79 Å². The second kappa shape index (κ2) is 89.3. The lowest BCUT2D eigenvalue weighted by Crippen LogP contribution is -2.44. The summed E-state index contributed by atoms with van der Waals surface area (Å²) in [6, 6.07) is -0.0349. The Balaban J connectivity index is -0.000000834. The maximum Gasteiger partial charge on any atom is 0.239 e. The lowest BCUT2D eigenvalue weighted by Gasteiger charge is -2.26. The predicted molar refractivity (Wildman–Crippen MR) is 426 cm³/mol. The highest BCUT2D eigenvalue weighted by molar-refractivity contribution is 5.81. The Morgan fingerprint density at radius 1 is 0.247 bits per heavy atom. The van der Waals surface area contributed by atoms with Crippen LogP contribution in [0.3, 0.4) is 0 Å². The maximum absolute atomic E-state index is 13.2. The van der Waals surface area contributed by atoms with E-state index < -0.39 is 0 Å². The molecule has 0 spiro atoms. The highest BCUT2D eigenvalue weighted by Crippen LogP contribution is 2.20. The zero-order valence-electron chi connectivity index (χ0n) is 63.7. The first-order valence-electron chi connectivity index (χ1n) is 42.8. The summed E-state index contributed by atoms with van der Waals surface area (Å²) in [7, 11) is 0. The van der Waals surface area contributed by atoms with Crippen LogP contribution in [0.1, 0.15) is 492 Å². The van der Waals surface area contributed by atoms with Gasteiger partial charge in [-0.3, -0.25) is 4.79 Å². The average molecular weight is 1320 g/mol. The Labute approximate surface area is 590 Å². The van der Waals surface area contributed by atoms with Crippen LogP contribution in [-0.2, 0) is 4.79 Å². The molecule has 2 atom stereocenters. The summed E-state index contributed by atoms with van der Waals surface area (Å²) in [6.45, 7) is 16.1. The second-order valence-electron chi connectivity index (χ2n) is 29.8. The predicted octanol–water partition coefficient (Wildman–Crippen LogP) is 27.3. The van der Waals surface area contributed by atoms with Gasteiger partial charge in [-0.15, -0.1) is 0 Å². The van der Waals surface area contributed by atoms with Gasteiger partial charge < -0.3 is 32.7 Å². The van der Waals surface area contributed by atoms with Crippen molar-refractivity contribution in [2.45, 2.75) is 504 Å². The number of rotatable bonds is 79. The third-order valence-electron chi connectivity index (χ3n) is 20.3. The molecule has 0 saturated heterocycles. The van der Waals surface area contributed by atoms with Crippen molar-refractivity contribution >= 4 is 5.91 Å². The standard InChI is InChI=1S/C42H87N3O.C42H89N3.2CH4/c1-3-5-7-9-11-13-15-17-19-21-23-25-27-29-31-35-39-45(42(46)41(44)37-33-34-38-43)40-36-32-30-28-26-24-22-20-18-16-14-12-10-8-6-4-2;1-3-5-7-9-11-13-15-17-19-21-23-25-27-29-31-35-39-45(41-42(44)37-33-34-38-43)40-36-32-30-28-26-24-22-20-18-16-14-12-10-8-6-4-2;;/h41H,3-40,43-44H2,1-2H3;42H,3-41,43-44H2,1-2H3;2*1H4. The minimum atomic E-state index is -0.353. The highest BCUT2D eigenvalue weighted by atomic mass is 16.2. The summed E-state index contributed by atoms with van der Waals surface area (Å²) < 4.78 is 0. The lowest BCUT2D eigenvalue weighted by molar-refractivity contribution is -0.133. The Morgan fingerprint density at radius 3 is 0.634 bits per heavy atom. The van der Waals surface area contributed by atoms with Gasteiger partial charge in [0.05, 0.1) is 6.04 Å². The van der Waals surface area contributed by atoms with E-state index in [1.54, 1.807) is 0 Å². The molecule has 0 aliphatic rings. The smallest absolute Gasteiger partial charge is 0.239 e. The third kappa shape index (κ3) is 83.6. The normalized spacial score (nSPS) is 12.1. The van der Waals surface area contributed by atoms with Crippen LogP contribution in [0.5, 0.6) is 0 Å². The number of nitrogens with two attached hydrogens (primary N) is 4. The zero-order valence-corrected chi connectivity index (χ0v) is 63.7. The topological polar surface area (TPSA) is 128 Å². The molecular weight excluding hydrogens is 1130 g/mol. The number of amides is 1. The number of carbonyl (C=O) groups is 1. The minimum Gasteiger partial charge on any atom is -0.341 e. The molecule has 0 rings (SSSR count). The van der Waals surface area contributed by atoms with Crippen molar-refractivity contribution in [2.24, 2.45) is 22.9 Å². The highest BCUT2D eigenvalue weighted by Gasteiger charge is 2.20. The first kappa shape index (κ1) is 98.6. The zero-order chi connectivity index (χ0) is 66.3. The average Bonchev–Trinajstić information content (AvgIpc) is 3.57. The van der Waals surface area contributed by atoms with E-state index in [0.29, 0.717) is 12.6 Å². The van der Waals surface area contributed by atoms with Crippen molar-refractivity contribution in [1.29, 1.82) is 0 Å². The summed E-state index contributed by atoms with van der Waals surface area (Å²) in [5.74, 6) is 0.180. The molecule has 7 heteroatoms. The summed E-state index contributed by atoms with van der Waals surface area (Å²) in [5.41, 5.74) is 24.3. The molecule has 0 fully saturated rings. The molecule has 8 N–H and O–H groups in total. The van der Waals surface area contributed by atoms with Crippen LogP contribution in [0.2, 0.25) is 0 Å². The monoisotopic (exact) mass is 1320 g/mol. The van der Waals surface area contributed by atoms with Gasteiger partial charge in [-0.25, -0.2) is 0 Å². The molecule has 0 aliphatic carbocycles. The molecule has 0 heterocycles. The van der Waals surface area contributed by atoms with Gasteiger partial charge in [-0.2, -0.15) is 0 Å². The van der Waals surface area contributed by atoms with Crippen LogP contribution >= 0.6 is 0 Å². The Bertz CT molecular complexity index is 1210. The Morgan fingerprint density at radius 2 is 0.430 bits per heavy atom. The molecule has 0 aromatic rings. The van der Waals surface area contributed by atoms with Gasteiger partial charge in [0.2, 0.25) is 5.91 Å². The fourth-order valence-electron chi connectivity index (χ4n) is 13.9. The molecule has 7 nitrogen and oxygen atoms in total. The number of hydrogen-bond donors (Lipinski definition) is 4. The first-order valence-corrected chi connectivity index (χ1v) is 42.8. The maximum atomic E-state index is 13.2. The summed E-state index contributed by atoms with van der Waals surface area (Å²) in [4.78, 5) is 18.0. The molecule has 1 amide bonds. The molecule has 0 saturated carbocycles. The van der Waals surface area contributed by atoms with Gasteiger partial charge in [-0.1, -0.05) is 441 Å². The van der Waals surface area contributed by atoms with E-state index in [0.717, 1.165) is 71.1 Å². The van der Waals surface area contributed by atoms with Crippen molar-refractivity contribution in [3.63, 3.8) is 0 Å². The van der Waals surface area contributed by atoms with Gasteiger partial charge in [0.1, 0.15) is 0 Å². The van der Waals surface area contributed by atoms with E-state index >= 15 is 0 Å². The number of nitrogens with zero attached hydrogens (tertiary/aromatic N) is 2. The minimum absolute atomic E-state index is 0. The van der Waals surface area contributed by atoms with Gasteiger partial charge in [0, 0.05) is 25.7 Å². The van der Waals surface area contributed by atoms with Gasteiger partial charge in [0.15, 0.2) is 0 Å². The summed E-state index contributed by atoms with van der Waals surface area (Å²) in [6.07, 6.45) is 96.3. The molecule has 0 bridgehead atoms. The van der Waals surface area contributed by atoms with Crippen LogP contribution in [0.25, 0.3) is 0 Å². The van der Waals surface area contributed by atoms with E-state index in [1.807, 2.05) is 0 Å². The largest absolute Gasteiger partial charge is 0.341 e. The molecular formula is C86H184N6O. The fraction of sp³-hybridized carbons (Fsp3) is 0.988. The number of carbonyl (C=O) groups excluding carboxylic acids is 1. The number of unbranched alkanes of at least 4 members (excludes halogenated alkanes) is 62. The Hall–Kier alpha value is -0.730. The summed E-state index contributed by atoms with van der Waals surface area (Å²) in [5, 5.41) is 0. The summed E-state index contributed by atoms with van der Waals surface area (Å²) >= 11 is 0. The second-order valence-corrected chi connectivity index (χ2v) is 29.8. The van der Waals surface area contributed by atoms with Crippen LogP contribution in [0.15, 0.2) is 0 Å². The van der Waals surface area contributed by atoms with Gasteiger partial charge >= 0.3 is 0 Å². The van der Waals surface area contributed by atoms with Gasteiger partial charge in [-0.05, 0) is 77.5 Å². The first-order chi connectivity index (χ1) is 44.9. The molecule has 2 unspecified atom stereocenters. The van der Waals surface area contributed by atoms with Crippen molar-refractivity contribution < 1.29 is 4.79 Å². The molecule has 93 heavy (non-hydrogen) atoms. The van der Waals surface area contributed by atoms with E-state index in [1.165, 1.54) is 418 Å². The third-order valence-corrected chi connectivity index (χ3v) is 20.3. The van der Waals surface area contributed by atoms with Crippen molar-refractivity contribution in [1.82, 2.24) is 9.80 Å². The quantitative estimate of drug-likeness (QED) is 0.0449. The van der Waals surface area contributed by atoms with Crippen LogP contribution < -0.4 is 22.9 Å². The van der Waals surface area contributed by atoms with Crippen molar-refractivity contribution in [2.75, 3.05) is 45.8 Å². The molecule has 0 aliphatic heterocycles. The molecule has 564 valence electrons. The van der Waals surface area contributed by atoms with Crippen LogP contribution in [0, 0.1) is 0 Å². The Kier molecular flexibility index (Phi) is 94.7. The van der Waals surface area contributed by atoms with E-state index in [2.05, 4.69) is 37.5 Å². The molecule has 0 radical (unpaired) electrons. The van der Waals surface area contributed by atoms with Crippen LogP contribution in [-0.4, -0.2) is 73.6 Å². The van der Waals surface area contributed by atoms with Crippen molar-refractivity contribution in [3.8, 4) is 0 Å². The lowest BCUT2D eigenvalue weighted by atomic mass is 10.0. The van der Waals surface area contributed by atoms with E-state index in [-0.39, 0.29) is 26.8 Å². The van der Waals surface area contributed by atoms with Gasteiger partial charge in [0.25, 0.3) is 0 Å². The van der Waals surface area contributed by atoms with Crippen molar-refractivity contribution in [3.05, 3.63) is 0 Å². The molecule has 0 aromatic carbocycles.